The monoisotopic (exact) mass is 185 g/mol. The van der Waals surface area contributed by atoms with Crippen LogP contribution in [0.5, 0.6) is 0 Å². The van der Waals surface area contributed by atoms with Crippen molar-refractivity contribution in [1.82, 2.24) is 5.32 Å². The Hall–Kier alpha value is 0.0700. The molecule has 0 aliphatic heterocycles. The maximum Gasteiger partial charge on any atom is 0.317 e. The average Bonchev–Trinajstić information content (AvgIpc) is 1.80. The van der Waals surface area contributed by atoms with Crippen LogP contribution in [0.15, 0.2) is 0 Å². The number of thioether (sulfide) groups is 1. The van der Waals surface area contributed by atoms with Gasteiger partial charge < -0.3 is 10.4 Å². The van der Waals surface area contributed by atoms with Crippen molar-refractivity contribution in [3.8, 4) is 0 Å². The molecule has 0 radical (unpaired) electrons. The molecule has 0 unspecified atom stereocenters. The van der Waals surface area contributed by atoms with E-state index >= 15 is 0 Å². The third-order valence-electron chi connectivity index (χ3n) is 0.759. The Morgan fingerprint density at radius 2 is 2.30 bits per heavy atom. The van der Waals surface area contributed by atoms with Crippen LogP contribution in [0.4, 0.5) is 0 Å². The number of hydrogen-bond acceptors (Lipinski definition) is 3. The van der Waals surface area contributed by atoms with Crippen LogP contribution in [0.25, 0.3) is 0 Å². The third-order valence-corrected chi connectivity index (χ3v) is 1.37. The molecule has 10 heavy (non-hydrogen) atoms. The van der Waals surface area contributed by atoms with Crippen molar-refractivity contribution in [2.45, 2.75) is 0 Å². The lowest BCUT2D eigenvalue weighted by Gasteiger charge is -1.96. The summed E-state index contributed by atoms with van der Waals surface area (Å²) in [6.07, 6.45) is 1.99. The first-order valence-corrected chi connectivity index (χ1v) is 4.08. The molecule has 3 nitrogen and oxygen atoms in total. The highest BCUT2D eigenvalue weighted by atomic mass is 35.5. The summed E-state index contributed by atoms with van der Waals surface area (Å²) in [7, 11) is 0. The van der Waals surface area contributed by atoms with Gasteiger partial charge in [0.25, 0.3) is 0 Å². The highest BCUT2D eigenvalue weighted by Gasteiger charge is 1.92. The van der Waals surface area contributed by atoms with Gasteiger partial charge in [-0.25, -0.2) is 0 Å². The van der Waals surface area contributed by atoms with Gasteiger partial charge >= 0.3 is 5.97 Å². The van der Waals surface area contributed by atoms with Gasteiger partial charge in [-0.15, -0.1) is 12.4 Å². The Bertz CT molecular complexity index is 91.7. The molecule has 0 atom stereocenters. The SMILES string of the molecule is CSCCNCC(=O)O.Cl. The lowest BCUT2D eigenvalue weighted by Crippen LogP contribution is -2.24. The fraction of sp³-hybridized carbons (Fsp3) is 0.800. The largest absolute Gasteiger partial charge is 0.480 e. The summed E-state index contributed by atoms with van der Waals surface area (Å²) in [5.74, 6) is 0.170. The fourth-order valence-corrected chi connectivity index (χ4v) is 0.718. The molecule has 5 heteroatoms. The first-order valence-electron chi connectivity index (χ1n) is 2.69. The number of carbonyl (C=O) groups is 1. The van der Waals surface area contributed by atoms with Crippen LogP contribution in [-0.2, 0) is 4.79 Å². The average molecular weight is 186 g/mol. The molecular weight excluding hydrogens is 174 g/mol. The predicted octanol–water partition coefficient (Wildman–Crippen LogP) is 0.445. The van der Waals surface area contributed by atoms with Gasteiger partial charge in [-0.1, -0.05) is 0 Å². The summed E-state index contributed by atoms with van der Waals surface area (Å²) in [5, 5.41) is 10.9. The number of carboxylic acids is 1. The van der Waals surface area contributed by atoms with Crippen LogP contribution in [0.1, 0.15) is 0 Å². The Morgan fingerprint density at radius 3 is 2.70 bits per heavy atom. The molecular formula is C5H12ClNO2S. The van der Waals surface area contributed by atoms with E-state index in [2.05, 4.69) is 5.32 Å². The molecule has 0 aromatic heterocycles. The molecule has 0 heterocycles. The summed E-state index contributed by atoms with van der Waals surface area (Å²) >= 11 is 1.70. The highest BCUT2D eigenvalue weighted by Crippen LogP contribution is 1.86. The van der Waals surface area contributed by atoms with Crippen LogP contribution in [0.2, 0.25) is 0 Å². The van der Waals surface area contributed by atoms with Crippen molar-refractivity contribution in [3.63, 3.8) is 0 Å². The van der Waals surface area contributed by atoms with Gasteiger partial charge in [0.2, 0.25) is 0 Å². The number of carboxylic acid groups (broad SMARTS) is 1. The Labute approximate surface area is 71.0 Å². The summed E-state index contributed by atoms with van der Waals surface area (Å²) in [6.45, 7) is 0.841. The molecule has 0 saturated heterocycles. The van der Waals surface area contributed by atoms with Crippen molar-refractivity contribution in [2.75, 3.05) is 25.1 Å². The Kier molecular flexibility index (Phi) is 11.5. The van der Waals surface area contributed by atoms with E-state index in [-0.39, 0.29) is 19.0 Å². The smallest absolute Gasteiger partial charge is 0.317 e. The third kappa shape index (κ3) is 10.9. The van der Waals surface area contributed by atoms with Crippen molar-refractivity contribution >= 4 is 30.1 Å². The van der Waals surface area contributed by atoms with E-state index in [0.29, 0.717) is 0 Å². The molecule has 0 rings (SSSR count). The van der Waals surface area contributed by atoms with Gasteiger partial charge in [-0.3, -0.25) is 4.79 Å². The quantitative estimate of drug-likeness (QED) is 0.611. The summed E-state index contributed by atoms with van der Waals surface area (Å²) in [4.78, 5) is 9.89. The molecule has 0 amide bonds. The second-order valence-electron chi connectivity index (χ2n) is 1.56. The van der Waals surface area contributed by atoms with Crippen molar-refractivity contribution in [1.29, 1.82) is 0 Å². The molecule has 0 aliphatic carbocycles. The lowest BCUT2D eigenvalue weighted by molar-refractivity contribution is -0.135. The zero-order valence-electron chi connectivity index (χ0n) is 5.79. The molecule has 0 bridgehead atoms. The van der Waals surface area contributed by atoms with Gasteiger partial charge in [0, 0.05) is 12.3 Å². The molecule has 0 aliphatic rings. The molecule has 62 valence electrons. The Balaban J connectivity index is 0. The van der Waals surface area contributed by atoms with Crippen LogP contribution >= 0.6 is 24.2 Å². The van der Waals surface area contributed by atoms with Gasteiger partial charge in [-0.05, 0) is 6.26 Å². The number of nitrogens with one attached hydrogen (secondary N) is 1. The van der Waals surface area contributed by atoms with Crippen LogP contribution in [0, 0.1) is 0 Å². The second kappa shape index (κ2) is 9.07. The summed E-state index contributed by atoms with van der Waals surface area (Å²) in [6, 6.07) is 0. The van der Waals surface area contributed by atoms with Gasteiger partial charge in [0.15, 0.2) is 0 Å². The van der Waals surface area contributed by atoms with Crippen LogP contribution in [0.3, 0.4) is 0 Å². The second-order valence-corrected chi connectivity index (χ2v) is 2.55. The zero-order chi connectivity index (χ0) is 7.11. The normalized spacial score (nSPS) is 8.50. The van der Waals surface area contributed by atoms with Gasteiger partial charge in [0.05, 0.1) is 6.54 Å². The van der Waals surface area contributed by atoms with E-state index in [0.717, 1.165) is 12.3 Å². The van der Waals surface area contributed by atoms with E-state index in [1.54, 1.807) is 11.8 Å². The maximum atomic E-state index is 9.89. The van der Waals surface area contributed by atoms with E-state index in [9.17, 15) is 4.79 Å². The van der Waals surface area contributed by atoms with Gasteiger partial charge in [-0.2, -0.15) is 11.8 Å². The number of halogens is 1. The minimum Gasteiger partial charge on any atom is -0.480 e. The van der Waals surface area contributed by atoms with E-state index < -0.39 is 5.97 Å². The summed E-state index contributed by atoms with van der Waals surface area (Å²) in [5.41, 5.74) is 0. The zero-order valence-corrected chi connectivity index (χ0v) is 7.43. The lowest BCUT2D eigenvalue weighted by atomic mass is 10.6. The first-order chi connectivity index (χ1) is 4.27. The summed E-state index contributed by atoms with van der Waals surface area (Å²) < 4.78 is 0. The number of hydrogen-bond donors (Lipinski definition) is 2. The predicted molar refractivity (Wildman–Crippen MR) is 46.1 cm³/mol. The highest BCUT2D eigenvalue weighted by molar-refractivity contribution is 7.98. The van der Waals surface area contributed by atoms with Gasteiger partial charge in [0.1, 0.15) is 0 Å². The molecule has 0 aromatic carbocycles. The first kappa shape index (κ1) is 12.7. The minimum absolute atomic E-state index is 0. The molecule has 2 N–H and O–H groups in total. The van der Waals surface area contributed by atoms with Crippen molar-refractivity contribution in [3.05, 3.63) is 0 Å². The Morgan fingerprint density at radius 1 is 1.70 bits per heavy atom. The van der Waals surface area contributed by atoms with E-state index in [4.69, 9.17) is 5.11 Å². The number of rotatable bonds is 5. The van der Waals surface area contributed by atoms with E-state index in [1.807, 2.05) is 6.26 Å². The molecule has 0 fully saturated rings. The van der Waals surface area contributed by atoms with Crippen molar-refractivity contribution < 1.29 is 9.90 Å². The standard InChI is InChI=1S/C5H11NO2S.ClH/c1-9-3-2-6-4-5(7)8;/h6H,2-4H2,1H3,(H,7,8);1H. The molecule has 0 spiro atoms. The molecule has 0 saturated carbocycles. The molecule has 0 aromatic rings. The van der Waals surface area contributed by atoms with Crippen LogP contribution < -0.4 is 5.32 Å². The topological polar surface area (TPSA) is 49.3 Å². The fourth-order valence-electron chi connectivity index (χ4n) is 0.370. The van der Waals surface area contributed by atoms with Crippen molar-refractivity contribution in [2.24, 2.45) is 0 Å². The minimum atomic E-state index is -0.795. The van der Waals surface area contributed by atoms with E-state index in [1.165, 1.54) is 0 Å². The maximum absolute atomic E-state index is 9.89. The van der Waals surface area contributed by atoms with Crippen LogP contribution in [-0.4, -0.2) is 36.2 Å². The number of aliphatic carboxylic acids is 1.